The van der Waals surface area contributed by atoms with Crippen LogP contribution in [0.1, 0.15) is 32.3 Å². The largest absolute Gasteiger partial charge is 0.350 e. The molecule has 1 aromatic rings. The number of nitrogens with one attached hydrogen (secondary N) is 2. The van der Waals surface area contributed by atoms with Crippen molar-refractivity contribution in [2.24, 2.45) is 11.7 Å². The van der Waals surface area contributed by atoms with Gasteiger partial charge in [-0.3, -0.25) is 9.59 Å². The molecule has 20 heavy (non-hydrogen) atoms. The molecule has 1 fully saturated rings. The number of hydrogen-bond donors (Lipinski definition) is 3. The molecule has 0 atom stereocenters. The first kappa shape index (κ1) is 14.5. The zero-order valence-corrected chi connectivity index (χ0v) is 11.9. The standard InChI is InChI=1S/C15H21N3O2/c1-15(2,16)14(20)17-9-10-3-7-12(8-4-10)18-13(19)11-5-6-11/h3-4,7-8,11H,5-6,9,16H2,1-2H3,(H,17,20)(H,18,19). The van der Waals surface area contributed by atoms with Crippen LogP contribution in [0.25, 0.3) is 0 Å². The molecule has 1 aliphatic rings. The van der Waals surface area contributed by atoms with E-state index in [0.717, 1.165) is 24.1 Å². The van der Waals surface area contributed by atoms with Gasteiger partial charge < -0.3 is 16.4 Å². The van der Waals surface area contributed by atoms with Crippen LogP contribution < -0.4 is 16.4 Å². The van der Waals surface area contributed by atoms with Gasteiger partial charge >= 0.3 is 0 Å². The molecule has 2 rings (SSSR count). The summed E-state index contributed by atoms with van der Waals surface area (Å²) >= 11 is 0. The second kappa shape index (κ2) is 5.63. The van der Waals surface area contributed by atoms with Gasteiger partial charge in [-0.1, -0.05) is 12.1 Å². The van der Waals surface area contributed by atoms with Gasteiger partial charge in [-0.2, -0.15) is 0 Å². The number of hydrogen-bond acceptors (Lipinski definition) is 3. The highest BCUT2D eigenvalue weighted by Crippen LogP contribution is 2.30. The Kier molecular flexibility index (Phi) is 4.09. The quantitative estimate of drug-likeness (QED) is 0.759. The number of anilines is 1. The molecular formula is C15H21N3O2. The molecule has 0 radical (unpaired) electrons. The molecule has 0 heterocycles. The second-order valence-electron chi connectivity index (χ2n) is 5.86. The first-order valence-electron chi connectivity index (χ1n) is 6.83. The van der Waals surface area contributed by atoms with E-state index < -0.39 is 5.54 Å². The van der Waals surface area contributed by atoms with Gasteiger partial charge in [0.2, 0.25) is 11.8 Å². The minimum Gasteiger partial charge on any atom is -0.350 e. The van der Waals surface area contributed by atoms with Crippen molar-refractivity contribution in [1.82, 2.24) is 5.32 Å². The Labute approximate surface area is 118 Å². The van der Waals surface area contributed by atoms with Gasteiger partial charge in [-0.15, -0.1) is 0 Å². The highest BCUT2D eigenvalue weighted by atomic mass is 16.2. The van der Waals surface area contributed by atoms with Crippen molar-refractivity contribution in [2.75, 3.05) is 5.32 Å². The maximum atomic E-state index is 11.6. The van der Waals surface area contributed by atoms with E-state index in [2.05, 4.69) is 10.6 Å². The van der Waals surface area contributed by atoms with E-state index in [9.17, 15) is 9.59 Å². The highest BCUT2D eigenvalue weighted by molar-refractivity contribution is 5.94. The van der Waals surface area contributed by atoms with Gasteiger partial charge in [-0.05, 0) is 44.4 Å². The molecule has 1 aromatic carbocycles. The molecule has 1 saturated carbocycles. The summed E-state index contributed by atoms with van der Waals surface area (Å²) in [6.07, 6.45) is 1.98. The molecule has 0 aliphatic heterocycles. The van der Waals surface area contributed by atoms with Gasteiger partial charge in [0.15, 0.2) is 0 Å². The summed E-state index contributed by atoms with van der Waals surface area (Å²) in [6, 6.07) is 7.45. The average molecular weight is 275 g/mol. The van der Waals surface area contributed by atoms with Crippen LogP contribution in [0.4, 0.5) is 5.69 Å². The summed E-state index contributed by atoms with van der Waals surface area (Å²) in [5, 5.41) is 5.65. The molecule has 0 bridgehead atoms. The molecular weight excluding hydrogens is 254 g/mol. The summed E-state index contributed by atoms with van der Waals surface area (Å²) in [6.45, 7) is 3.76. The lowest BCUT2D eigenvalue weighted by Gasteiger charge is -2.17. The fourth-order valence-corrected chi connectivity index (χ4v) is 1.71. The lowest BCUT2D eigenvalue weighted by atomic mass is 10.1. The second-order valence-corrected chi connectivity index (χ2v) is 5.86. The van der Waals surface area contributed by atoms with Crippen molar-refractivity contribution >= 4 is 17.5 Å². The summed E-state index contributed by atoms with van der Waals surface area (Å²) < 4.78 is 0. The van der Waals surface area contributed by atoms with Crippen LogP contribution in [0.2, 0.25) is 0 Å². The lowest BCUT2D eigenvalue weighted by Crippen LogP contribution is -2.48. The number of amides is 2. The summed E-state index contributed by atoms with van der Waals surface area (Å²) in [5.74, 6) is 0.0975. The van der Waals surface area contributed by atoms with E-state index in [1.807, 2.05) is 24.3 Å². The molecule has 0 aromatic heterocycles. The lowest BCUT2D eigenvalue weighted by molar-refractivity contribution is -0.125. The third-order valence-electron chi connectivity index (χ3n) is 3.21. The van der Waals surface area contributed by atoms with Gasteiger partial charge in [0.1, 0.15) is 0 Å². The van der Waals surface area contributed by atoms with Crippen LogP contribution >= 0.6 is 0 Å². The number of nitrogens with two attached hydrogens (primary N) is 1. The van der Waals surface area contributed by atoms with E-state index in [4.69, 9.17) is 5.73 Å². The SMILES string of the molecule is CC(C)(N)C(=O)NCc1ccc(NC(=O)C2CC2)cc1. The van der Waals surface area contributed by atoms with Gasteiger partial charge in [0, 0.05) is 18.2 Å². The van der Waals surface area contributed by atoms with Gasteiger partial charge in [0.25, 0.3) is 0 Å². The summed E-state index contributed by atoms with van der Waals surface area (Å²) in [7, 11) is 0. The van der Waals surface area contributed by atoms with Crippen LogP contribution in [0.3, 0.4) is 0 Å². The Balaban J connectivity index is 1.85. The van der Waals surface area contributed by atoms with Gasteiger partial charge in [-0.25, -0.2) is 0 Å². The molecule has 1 aliphatic carbocycles. The third-order valence-corrected chi connectivity index (χ3v) is 3.21. The molecule has 5 nitrogen and oxygen atoms in total. The number of carbonyl (C=O) groups excluding carboxylic acids is 2. The molecule has 0 spiro atoms. The normalized spacial score (nSPS) is 14.8. The molecule has 2 amide bonds. The molecule has 5 heteroatoms. The van der Waals surface area contributed by atoms with E-state index in [1.54, 1.807) is 13.8 Å². The van der Waals surface area contributed by atoms with Crippen LogP contribution in [0.15, 0.2) is 24.3 Å². The zero-order chi connectivity index (χ0) is 14.8. The van der Waals surface area contributed by atoms with Crippen molar-refractivity contribution < 1.29 is 9.59 Å². The highest BCUT2D eigenvalue weighted by Gasteiger charge is 2.29. The van der Waals surface area contributed by atoms with Crippen molar-refractivity contribution in [3.8, 4) is 0 Å². The third kappa shape index (κ3) is 4.06. The predicted octanol–water partition coefficient (Wildman–Crippen LogP) is 1.39. The fraction of sp³-hybridized carbons (Fsp3) is 0.467. The van der Waals surface area contributed by atoms with Crippen molar-refractivity contribution in [3.05, 3.63) is 29.8 Å². The van der Waals surface area contributed by atoms with Gasteiger partial charge in [0.05, 0.1) is 5.54 Å². The molecule has 0 saturated heterocycles. The first-order valence-corrected chi connectivity index (χ1v) is 6.83. The van der Waals surface area contributed by atoms with Crippen LogP contribution in [-0.4, -0.2) is 17.4 Å². The Morgan fingerprint density at radius 2 is 1.85 bits per heavy atom. The number of carbonyl (C=O) groups is 2. The Hall–Kier alpha value is -1.88. The predicted molar refractivity (Wildman–Crippen MR) is 77.9 cm³/mol. The number of rotatable bonds is 5. The van der Waals surface area contributed by atoms with E-state index in [1.165, 1.54) is 0 Å². The minimum absolute atomic E-state index is 0.0935. The smallest absolute Gasteiger partial charge is 0.239 e. The Bertz CT molecular complexity index is 499. The van der Waals surface area contributed by atoms with E-state index >= 15 is 0 Å². The summed E-state index contributed by atoms with van der Waals surface area (Å²) in [4.78, 5) is 23.2. The van der Waals surface area contributed by atoms with Crippen molar-refractivity contribution in [1.29, 1.82) is 0 Å². The van der Waals surface area contributed by atoms with Crippen LogP contribution in [-0.2, 0) is 16.1 Å². The average Bonchev–Trinajstić information content (AvgIpc) is 3.20. The zero-order valence-electron chi connectivity index (χ0n) is 11.9. The number of benzene rings is 1. The maximum absolute atomic E-state index is 11.6. The topological polar surface area (TPSA) is 84.2 Å². The van der Waals surface area contributed by atoms with Crippen LogP contribution in [0.5, 0.6) is 0 Å². The monoisotopic (exact) mass is 275 g/mol. The molecule has 108 valence electrons. The van der Waals surface area contributed by atoms with Crippen LogP contribution in [0, 0.1) is 5.92 Å². The van der Waals surface area contributed by atoms with Crippen molar-refractivity contribution in [3.63, 3.8) is 0 Å². The Morgan fingerprint density at radius 1 is 1.25 bits per heavy atom. The first-order chi connectivity index (χ1) is 9.36. The van der Waals surface area contributed by atoms with E-state index in [0.29, 0.717) is 6.54 Å². The molecule has 4 N–H and O–H groups in total. The minimum atomic E-state index is -0.877. The van der Waals surface area contributed by atoms with Crippen molar-refractivity contribution in [2.45, 2.75) is 38.8 Å². The summed E-state index contributed by atoms with van der Waals surface area (Å²) in [5.41, 5.74) is 6.57. The fourth-order valence-electron chi connectivity index (χ4n) is 1.71. The molecule has 0 unspecified atom stereocenters. The van der Waals surface area contributed by atoms with E-state index in [-0.39, 0.29) is 17.7 Å². The maximum Gasteiger partial charge on any atom is 0.239 e. The Morgan fingerprint density at radius 3 is 2.35 bits per heavy atom.